The second kappa shape index (κ2) is 2.46. The molecule has 0 aliphatic carbocycles. The standard InChI is InChI=1S/C9H20NO/c1-9(2)7-8(11)5-6-10(9,3)4/h8,11H,5-7H2,1-4H3/q+1. The molecular formula is C9H20NO+. The first-order chi connectivity index (χ1) is 4.85. The molecule has 66 valence electrons. The number of rotatable bonds is 0. The van der Waals surface area contributed by atoms with E-state index in [1.165, 1.54) is 0 Å². The van der Waals surface area contributed by atoms with Crippen LogP contribution in [0.25, 0.3) is 0 Å². The fraction of sp³-hybridized carbons (Fsp3) is 1.00. The lowest BCUT2D eigenvalue weighted by Gasteiger charge is -2.49. The van der Waals surface area contributed by atoms with E-state index in [4.69, 9.17) is 0 Å². The van der Waals surface area contributed by atoms with Crippen LogP contribution in [0, 0.1) is 0 Å². The molecule has 1 heterocycles. The van der Waals surface area contributed by atoms with Gasteiger partial charge >= 0.3 is 0 Å². The van der Waals surface area contributed by atoms with Crippen LogP contribution in [-0.4, -0.2) is 41.9 Å². The predicted octanol–water partition coefficient (Wildman–Crippen LogP) is 0.996. The summed E-state index contributed by atoms with van der Waals surface area (Å²) in [4.78, 5) is 0. The topological polar surface area (TPSA) is 20.2 Å². The van der Waals surface area contributed by atoms with E-state index in [1.807, 2.05) is 0 Å². The van der Waals surface area contributed by atoms with Crippen LogP contribution in [0.15, 0.2) is 0 Å². The Bertz CT molecular complexity index is 152. The number of nitrogens with zero attached hydrogens (tertiary/aromatic N) is 1. The lowest BCUT2D eigenvalue weighted by Crippen LogP contribution is -2.61. The van der Waals surface area contributed by atoms with Crippen molar-refractivity contribution in [1.82, 2.24) is 0 Å². The zero-order valence-electron chi connectivity index (χ0n) is 8.09. The molecule has 0 aromatic carbocycles. The second-order valence-electron chi connectivity index (χ2n) is 4.87. The maximum Gasteiger partial charge on any atom is 0.0956 e. The van der Waals surface area contributed by atoms with Gasteiger partial charge in [-0.05, 0) is 13.8 Å². The molecule has 1 rings (SSSR count). The number of hydrogen-bond donors (Lipinski definition) is 1. The Morgan fingerprint density at radius 1 is 1.36 bits per heavy atom. The largest absolute Gasteiger partial charge is 0.393 e. The van der Waals surface area contributed by atoms with Crippen LogP contribution >= 0.6 is 0 Å². The van der Waals surface area contributed by atoms with Crippen molar-refractivity contribution in [1.29, 1.82) is 0 Å². The van der Waals surface area contributed by atoms with Crippen LogP contribution < -0.4 is 0 Å². The van der Waals surface area contributed by atoms with Gasteiger partial charge in [0.25, 0.3) is 0 Å². The highest BCUT2D eigenvalue weighted by Crippen LogP contribution is 2.31. The van der Waals surface area contributed by atoms with Crippen molar-refractivity contribution in [3.63, 3.8) is 0 Å². The normalized spacial score (nSPS) is 35.2. The molecule has 0 radical (unpaired) electrons. The van der Waals surface area contributed by atoms with Gasteiger partial charge < -0.3 is 9.59 Å². The molecule has 2 nitrogen and oxygen atoms in total. The first kappa shape index (κ1) is 9.01. The van der Waals surface area contributed by atoms with Gasteiger partial charge in [0.15, 0.2) is 0 Å². The van der Waals surface area contributed by atoms with Crippen LogP contribution in [-0.2, 0) is 0 Å². The fourth-order valence-electron chi connectivity index (χ4n) is 1.70. The Morgan fingerprint density at radius 3 is 2.27 bits per heavy atom. The molecule has 0 amide bonds. The quantitative estimate of drug-likeness (QED) is 0.521. The molecule has 1 fully saturated rings. The van der Waals surface area contributed by atoms with Crippen molar-refractivity contribution in [3.05, 3.63) is 0 Å². The molecule has 1 N–H and O–H groups in total. The lowest BCUT2D eigenvalue weighted by atomic mass is 9.87. The van der Waals surface area contributed by atoms with E-state index in [1.54, 1.807) is 0 Å². The Labute approximate surface area is 69.4 Å². The highest BCUT2D eigenvalue weighted by atomic mass is 16.3. The van der Waals surface area contributed by atoms with E-state index >= 15 is 0 Å². The van der Waals surface area contributed by atoms with E-state index in [2.05, 4.69) is 27.9 Å². The zero-order chi connectivity index (χ0) is 8.70. The number of aliphatic hydroxyl groups is 1. The number of quaternary nitrogens is 1. The third kappa shape index (κ3) is 1.57. The molecule has 0 saturated carbocycles. The molecule has 0 aromatic rings. The van der Waals surface area contributed by atoms with Crippen LogP contribution in [0.3, 0.4) is 0 Å². The third-order valence-corrected chi connectivity index (χ3v) is 3.40. The van der Waals surface area contributed by atoms with E-state index in [-0.39, 0.29) is 11.6 Å². The maximum absolute atomic E-state index is 9.47. The van der Waals surface area contributed by atoms with Crippen molar-refractivity contribution in [3.8, 4) is 0 Å². The molecule has 1 aliphatic heterocycles. The van der Waals surface area contributed by atoms with Crippen LogP contribution in [0.5, 0.6) is 0 Å². The van der Waals surface area contributed by atoms with Crippen LogP contribution in [0.4, 0.5) is 0 Å². The number of aliphatic hydroxyl groups excluding tert-OH is 1. The SMILES string of the molecule is CC1(C)CC(O)CC[N+]1(C)C. The van der Waals surface area contributed by atoms with E-state index in [0.717, 1.165) is 23.9 Å². The number of hydrogen-bond acceptors (Lipinski definition) is 1. The minimum atomic E-state index is -0.0730. The van der Waals surface area contributed by atoms with Gasteiger partial charge in [0, 0.05) is 12.8 Å². The van der Waals surface area contributed by atoms with E-state index in [0.29, 0.717) is 0 Å². The summed E-state index contributed by atoms with van der Waals surface area (Å²) in [6.07, 6.45) is 1.81. The summed E-state index contributed by atoms with van der Waals surface area (Å²) in [6.45, 7) is 5.55. The lowest BCUT2D eigenvalue weighted by molar-refractivity contribution is -0.944. The van der Waals surface area contributed by atoms with Crippen molar-refractivity contribution < 1.29 is 9.59 Å². The highest BCUT2D eigenvalue weighted by molar-refractivity contribution is 4.78. The molecule has 1 aliphatic rings. The number of piperidine rings is 1. The minimum absolute atomic E-state index is 0.0730. The molecule has 0 aromatic heterocycles. The van der Waals surface area contributed by atoms with Gasteiger partial charge in [0.2, 0.25) is 0 Å². The monoisotopic (exact) mass is 158 g/mol. The molecule has 0 spiro atoms. The fourth-order valence-corrected chi connectivity index (χ4v) is 1.70. The van der Waals surface area contributed by atoms with E-state index in [9.17, 15) is 5.11 Å². The number of likely N-dealkylation sites (tertiary alicyclic amines) is 1. The second-order valence-corrected chi connectivity index (χ2v) is 4.87. The Balaban J connectivity index is 2.72. The molecule has 2 heteroatoms. The summed E-state index contributed by atoms with van der Waals surface area (Å²) >= 11 is 0. The molecule has 1 atom stereocenters. The Kier molecular flexibility index (Phi) is 2.01. The van der Waals surface area contributed by atoms with Gasteiger partial charge in [0.05, 0.1) is 32.3 Å². The summed E-state index contributed by atoms with van der Waals surface area (Å²) in [5.74, 6) is 0. The maximum atomic E-state index is 9.47. The summed E-state index contributed by atoms with van der Waals surface area (Å²) in [5, 5.41) is 9.47. The van der Waals surface area contributed by atoms with Crippen molar-refractivity contribution in [2.24, 2.45) is 0 Å². The Hall–Kier alpha value is -0.0800. The molecule has 0 bridgehead atoms. The first-order valence-electron chi connectivity index (χ1n) is 4.36. The van der Waals surface area contributed by atoms with Crippen LogP contribution in [0.2, 0.25) is 0 Å². The van der Waals surface area contributed by atoms with E-state index < -0.39 is 0 Å². The summed E-state index contributed by atoms with van der Waals surface area (Å²) < 4.78 is 1.03. The van der Waals surface area contributed by atoms with Crippen molar-refractivity contribution >= 4 is 0 Å². The minimum Gasteiger partial charge on any atom is -0.393 e. The van der Waals surface area contributed by atoms with Gasteiger partial charge in [0.1, 0.15) is 0 Å². The molecular weight excluding hydrogens is 138 g/mol. The zero-order valence-corrected chi connectivity index (χ0v) is 8.09. The molecule has 11 heavy (non-hydrogen) atoms. The van der Waals surface area contributed by atoms with Gasteiger partial charge in [-0.2, -0.15) is 0 Å². The first-order valence-corrected chi connectivity index (χ1v) is 4.36. The van der Waals surface area contributed by atoms with Crippen LogP contribution in [0.1, 0.15) is 26.7 Å². The molecule has 1 saturated heterocycles. The van der Waals surface area contributed by atoms with Gasteiger partial charge in [-0.3, -0.25) is 0 Å². The third-order valence-electron chi connectivity index (χ3n) is 3.40. The predicted molar refractivity (Wildman–Crippen MR) is 46.3 cm³/mol. The average Bonchev–Trinajstić information content (AvgIpc) is 1.80. The average molecular weight is 158 g/mol. The van der Waals surface area contributed by atoms with Gasteiger partial charge in [-0.15, -0.1) is 0 Å². The van der Waals surface area contributed by atoms with Crippen molar-refractivity contribution in [2.45, 2.75) is 38.3 Å². The van der Waals surface area contributed by atoms with Gasteiger partial charge in [-0.1, -0.05) is 0 Å². The summed E-state index contributed by atoms with van der Waals surface area (Å²) in [6, 6.07) is 0. The molecule has 1 unspecified atom stereocenters. The van der Waals surface area contributed by atoms with Crippen molar-refractivity contribution in [2.75, 3.05) is 20.6 Å². The summed E-state index contributed by atoms with van der Waals surface area (Å²) in [7, 11) is 4.48. The highest BCUT2D eigenvalue weighted by Gasteiger charge is 2.42. The Morgan fingerprint density at radius 2 is 1.91 bits per heavy atom. The van der Waals surface area contributed by atoms with Gasteiger partial charge in [-0.25, -0.2) is 0 Å². The summed E-state index contributed by atoms with van der Waals surface area (Å²) in [5.41, 5.74) is 0.234. The smallest absolute Gasteiger partial charge is 0.0956 e.